The molecule has 0 atom stereocenters. The summed E-state index contributed by atoms with van der Waals surface area (Å²) in [6, 6.07) is 6.95. The van der Waals surface area contributed by atoms with E-state index in [0.29, 0.717) is 11.4 Å². The number of hydrogen-bond donors (Lipinski definition) is 2. The van der Waals surface area contributed by atoms with Gasteiger partial charge in [-0.05, 0) is 57.2 Å². The lowest BCUT2D eigenvalue weighted by Gasteiger charge is -2.29. The molecule has 1 aromatic carbocycles. The summed E-state index contributed by atoms with van der Waals surface area (Å²) < 4.78 is 32.2. The van der Waals surface area contributed by atoms with E-state index in [1.54, 1.807) is 24.3 Å². The Labute approximate surface area is 126 Å². The molecule has 0 radical (unpaired) electrons. The molecule has 7 heteroatoms. The third-order valence-electron chi connectivity index (χ3n) is 3.57. The van der Waals surface area contributed by atoms with E-state index >= 15 is 0 Å². The van der Waals surface area contributed by atoms with Gasteiger partial charge in [0.15, 0.2) is 0 Å². The molecular weight excluding hydrogens is 290 g/mol. The molecule has 1 aliphatic rings. The molecule has 0 spiro atoms. The van der Waals surface area contributed by atoms with Crippen molar-refractivity contribution in [2.24, 2.45) is 0 Å². The number of benzene rings is 1. The molecule has 1 heterocycles. The standard InChI is InChI=1S/C14H23N3O3S/c1-17-8-6-13(7-9-17)16-21(18,19)11-10-20-14-4-2-12(15)3-5-14/h2-5,13,16H,6-11,15H2,1H3. The third kappa shape index (κ3) is 5.53. The van der Waals surface area contributed by atoms with Gasteiger partial charge < -0.3 is 15.4 Å². The van der Waals surface area contributed by atoms with Crippen LogP contribution in [0.25, 0.3) is 0 Å². The van der Waals surface area contributed by atoms with Crippen molar-refractivity contribution in [3.63, 3.8) is 0 Å². The highest BCUT2D eigenvalue weighted by Crippen LogP contribution is 2.13. The highest BCUT2D eigenvalue weighted by Gasteiger charge is 2.21. The van der Waals surface area contributed by atoms with E-state index in [4.69, 9.17) is 10.5 Å². The van der Waals surface area contributed by atoms with Gasteiger partial charge in [-0.3, -0.25) is 0 Å². The van der Waals surface area contributed by atoms with Gasteiger partial charge in [-0.2, -0.15) is 0 Å². The second-order valence-electron chi connectivity index (χ2n) is 5.43. The zero-order chi connectivity index (χ0) is 15.3. The minimum absolute atomic E-state index is 0.0380. The average Bonchev–Trinajstić information content (AvgIpc) is 2.43. The molecule has 21 heavy (non-hydrogen) atoms. The van der Waals surface area contributed by atoms with E-state index in [1.807, 2.05) is 7.05 Å². The summed E-state index contributed by atoms with van der Waals surface area (Å²) in [5.41, 5.74) is 6.23. The van der Waals surface area contributed by atoms with Crippen LogP contribution in [0.5, 0.6) is 5.75 Å². The lowest BCUT2D eigenvalue weighted by molar-refractivity contribution is 0.247. The van der Waals surface area contributed by atoms with Crippen LogP contribution in [0.1, 0.15) is 12.8 Å². The summed E-state index contributed by atoms with van der Waals surface area (Å²) in [6.07, 6.45) is 1.71. The molecule has 0 unspecified atom stereocenters. The highest BCUT2D eigenvalue weighted by atomic mass is 32.2. The van der Waals surface area contributed by atoms with E-state index in [1.165, 1.54) is 0 Å². The Morgan fingerprint density at radius 3 is 2.52 bits per heavy atom. The van der Waals surface area contributed by atoms with Crippen LogP contribution in [0.4, 0.5) is 5.69 Å². The number of nitrogen functional groups attached to an aromatic ring is 1. The smallest absolute Gasteiger partial charge is 0.215 e. The molecule has 3 N–H and O–H groups in total. The fourth-order valence-electron chi connectivity index (χ4n) is 2.27. The summed E-state index contributed by atoms with van der Waals surface area (Å²) in [7, 11) is -1.25. The fraction of sp³-hybridized carbons (Fsp3) is 0.571. The molecule has 118 valence electrons. The second kappa shape index (κ2) is 7.11. The van der Waals surface area contributed by atoms with E-state index in [2.05, 4.69) is 9.62 Å². The summed E-state index contributed by atoms with van der Waals surface area (Å²) in [4.78, 5) is 2.20. The Balaban J connectivity index is 1.74. The molecule has 1 fully saturated rings. The molecule has 2 rings (SSSR count). The van der Waals surface area contributed by atoms with Crippen LogP contribution in [-0.2, 0) is 10.0 Å². The van der Waals surface area contributed by atoms with Crippen LogP contribution < -0.4 is 15.2 Å². The summed E-state index contributed by atoms with van der Waals surface area (Å²) in [5, 5.41) is 0. The zero-order valence-corrected chi connectivity index (χ0v) is 13.1. The van der Waals surface area contributed by atoms with E-state index in [9.17, 15) is 8.42 Å². The topological polar surface area (TPSA) is 84.7 Å². The zero-order valence-electron chi connectivity index (χ0n) is 12.3. The number of anilines is 1. The monoisotopic (exact) mass is 313 g/mol. The Bertz CT molecular complexity index is 537. The van der Waals surface area contributed by atoms with Crippen LogP contribution in [0.15, 0.2) is 24.3 Å². The van der Waals surface area contributed by atoms with Gasteiger partial charge in [-0.1, -0.05) is 0 Å². The molecule has 1 aliphatic heterocycles. The predicted molar refractivity (Wildman–Crippen MR) is 83.8 cm³/mol. The lowest BCUT2D eigenvalue weighted by atomic mass is 10.1. The molecule has 0 amide bonds. The average molecular weight is 313 g/mol. The molecule has 1 aromatic rings. The number of nitrogens with one attached hydrogen (secondary N) is 1. The minimum atomic E-state index is -3.30. The Morgan fingerprint density at radius 1 is 1.29 bits per heavy atom. The van der Waals surface area contributed by atoms with Crippen molar-refractivity contribution in [1.82, 2.24) is 9.62 Å². The van der Waals surface area contributed by atoms with Crippen molar-refractivity contribution < 1.29 is 13.2 Å². The maximum atomic E-state index is 12.0. The highest BCUT2D eigenvalue weighted by molar-refractivity contribution is 7.89. The number of rotatable bonds is 6. The van der Waals surface area contributed by atoms with Crippen molar-refractivity contribution in [3.8, 4) is 5.75 Å². The Hall–Kier alpha value is -1.31. The first-order valence-electron chi connectivity index (χ1n) is 7.11. The fourth-order valence-corrected chi connectivity index (χ4v) is 3.44. The number of sulfonamides is 1. The molecule has 6 nitrogen and oxygen atoms in total. The quantitative estimate of drug-likeness (QED) is 0.754. The Kier molecular flexibility index (Phi) is 5.44. The maximum absolute atomic E-state index is 12.0. The van der Waals surface area contributed by atoms with Crippen LogP contribution in [0, 0.1) is 0 Å². The number of nitrogens with zero attached hydrogens (tertiary/aromatic N) is 1. The second-order valence-corrected chi connectivity index (χ2v) is 7.31. The molecule has 0 bridgehead atoms. The van der Waals surface area contributed by atoms with E-state index in [0.717, 1.165) is 25.9 Å². The lowest BCUT2D eigenvalue weighted by Crippen LogP contribution is -2.44. The van der Waals surface area contributed by atoms with Gasteiger partial charge >= 0.3 is 0 Å². The van der Waals surface area contributed by atoms with Crippen molar-refractivity contribution >= 4 is 15.7 Å². The van der Waals surface area contributed by atoms with Crippen molar-refractivity contribution in [2.75, 3.05) is 38.2 Å². The van der Waals surface area contributed by atoms with Gasteiger partial charge in [-0.15, -0.1) is 0 Å². The molecule has 1 saturated heterocycles. The number of ether oxygens (including phenoxy) is 1. The summed E-state index contributed by atoms with van der Waals surface area (Å²) >= 11 is 0. The predicted octanol–water partition coefficient (Wildman–Crippen LogP) is 0.661. The first kappa shape index (κ1) is 16.1. The van der Waals surface area contributed by atoms with Gasteiger partial charge in [0, 0.05) is 11.7 Å². The van der Waals surface area contributed by atoms with Crippen LogP contribution >= 0.6 is 0 Å². The molecular formula is C14H23N3O3S. The number of hydrogen-bond acceptors (Lipinski definition) is 5. The molecule has 0 aliphatic carbocycles. The number of piperidine rings is 1. The maximum Gasteiger partial charge on any atom is 0.215 e. The number of likely N-dealkylation sites (tertiary alicyclic amines) is 1. The largest absolute Gasteiger partial charge is 0.492 e. The van der Waals surface area contributed by atoms with Gasteiger partial charge in [0.1, 0.15) is 12.4 Å². The van der Waals surface area contributed by atoms with Crippen molar-refractivity contribution in [3.05, 3.63) is 24.3 Å². The number of nitrogens with two attached hydrogens (primary N) is 1. The first-order chi connectivity index (χ1) is 9.94. The Morgan fingerprint density at radius 2 is 1.90 bits per heavy atom. The van der Waals surface area contributed by atoms with Crippen LogP contribution in [0.3, 0.4) is 0 Å². The van der Waals surface area contributed by atoms with Crippen molar-refractivity contribution in [1.29, 1.82) is 0 Å². The first-order valence-corrected chi connectivity index (χ1v) is 8.77. The SMILES string of the molecule is CN1CCC(NS(=O)(=O)CCOc2ccc(N)cc2)CC1. The van der Waals surface area contributed by atoms with Crippen LogP contribution in [0.2, 0.25) is 0 Å². The van der Waals surface area contributed by atoms with Gasteiger partial charge in [0.05, 0.1) is 5.75 Å². The van der Waals surface area contributed by atoms with E-state index in [-0.39, 0.29) is 18.4 Å². The van der Waals surface area contributed by atoms with Gasteiger partial charge in [0.25, 0.3) is 0 Å². The summed E-state index contributed by atoms with van der Waals surface area (Å²) in [6.45, 7) is 1.98. The van der Waals surface area contributed by atoms with Gasteiger partial charge in [-0.25, -0.2) is 13.1 Å². The third-order valence-corrected chi connectivity index (χ3v) is 4.96. The minimum Gasteiger partial charge on any atom is -0.492 e. The normalized spacial score (nSPS) is 17.8. The van der Waals surface area contributed by atoms with Gasteiger partial charge in [0.2, 0.25) is 10.0 Å². The van der Waals surface area contributed by atoms with Crippen molar-refractivity contribution in [2.45, 2.75) is 18.9 Å². The van der Waals surface area contributed by atoms with E-state index < -0.39 is 10.0 Å². The molecule has 0 aromatic heterocycles. The summed E-state index contributed by atoms with van der Waals surface area (Å²) in [5.74, 6) is 0.586. The van der Waals surface area contributed by atoms with Crippen LogP contribution in [-0.4, -0.2) is 51.9 Å². The molecule has 0 saturated carbocycles.